The number of hydrogen-bond acceptors (Lipinski definition) is 5. The molecule has 1 aliphatic rings. The number of nitrogens with one attached hydrogen (secondary N) is 1. The van der Waals surface area contributed by atoms with Gasteiger partial charge < -0.3 is 11.1 Å². The summed E-state index contributed by atoms with van der Waals surface area (Å²) in [5.41, 5.74) is 6.87. The Morgan fingerprint density at radius 2 is 2.15 bits per heavy atom. The van der Waals surface area contributed by atoms with Gasteiger partial charge in [0.1, 0.15) is 5.82 Å². The first-order valence-electron chi connectivity index (χ1n) is 6.55. The minimum Gasteiger partial charge on any atom is -0.384 e. The molecule has 0 radical (unpaired) electrons. The van der Waals surface area contributed by atoms with Gasteiger partial charge in [-0.2, -0.15) is 0 Å². The lowest BCUT2D eigenvalue weighted by Crippen LogP contribution is -2.35. The minimum atomic E-state index is -3.00. The lowest BCUT2D eigenvalue weighted by atomic mass is 10.1. The van der Waals surface area contributed by atoms with Crippen molar-refractivity contribution < 1.29 is 13.2 Å². The highest BCUT2D eigenvalue weighted by Gasteiger charge is 2.29. The first-order chi connectivity index (χ1) is 9.27. The van der Waals surface area contributed by atoms with Gasteiger partial charge in [0.2, 0.25) is 0 Å². The van der Waals surface area contributed by atoms with E-state index in [1.165, 1.54) is 6.07 Å². The van der Waals surface area contributed by atoms with E-state index in [0.717, 1.165) is 5.69 Å². The van der Waals surface area contributed by atoms with E-state index in [9.17, 15) is 13.2 Å². The molecule has 1 atom stereocenters. The number of sulfone groups is 1. The third kappa shape index (κ3) is 3.47. The number of aromatic nitrogens is 1. The highest BCUT2D eigenvalue weighted by atomic mass is 32.2. The SMILES string of the molecule is CC(C)c1cc(C(=O)NC2CCS(=O)(=O)C2)cc(N)n1. The molecule has 0 saturated carbocycles. The summed E-state index contributed by atoms with van der Waals surface area (Å²) in [5.74, 6) is 0.296. The molecule has 0 bridgehead atoms. The molecule has 0 spiro atoms. The van der Waals surface area contributed by atoms with Gasteiger partial charge in [0, 0.05) is 17.3 Å². The van der Waals surface area contributed by atoms with Gasteiger partial charge >= 0.3 is 0 Å². The van der Waals surface area contributed by atoms with E-state index in [4.69, 9.17) is 5.73 Å². The molecule has 1 aromatic heterocycles. The molecule has 1 aromatic rings. The zero-order valence-corrected chi connectivity index (χ0v) is 12.4. The van der Waals surface area contributed by atoms with Crippen LogP contribution in [0.15, 0.2) is 12.1 Å². The van der Waals surface area contributed by atoms with Crippen molar-refractivity contribution >= 4 is 21.6 Å². The Morgan fingerprint density at radius 3 is 2.70 bits per heavy atom. The molecule has 20 heavy (non-hydrogen) atoms. The van der Waals surface area contributed by atoms with Crippen molar-refractivity contribution in [3.05, 3.63) is 23.4 Å². The van der Waals surface area contributed by atoms with Crippen molar-refractivity contribution in [2.75, 3.05) is 17.2 Å². The molecular weight excluding hydrogens is 278 g/mol. The van der Waals surface area contributed by atoms with E-state index < -0.39 is 9.84 Å². The summed E-state index contributed by atoms with van der Waals surface area (Å²) in [6.07, 6.45) is 0.464. The second kappa shape index (κ2) is 5.40. The highest BCUT2D eigenvalue weighted by Crippen LogP contribution is 2.17. The van der Waals surface area contributed by atoms with Gasteiger partial charge in [-0.05, 0) is 24.5 Å². The number of nitrogen functional groups attached to an aromatic ring is 1. The van der Waals surface area contributed by atoms with E-state index in [2.05, 4.69) is 10.3 Å². The summed E-state index contributed by atoms with van der Waals surface area (Å²) < 4.78 is 22.8. The van der Waals surface area contributed by atoms with Gasteiger partial charge in [-0.3, -0.25) is 4.79 Å². The summed E-state index contributed by atoms with van der Waals surface area (Å²) >= 11 is 0. The number of pyridine rings is 1. The fourth-order valence-corrected chi connectivity index (χ4v) is 3.85. The number of nitrogens with two attached hydrogens (primary N) is 1. The van der Waals surface area contributed by atoms with Crippen molar-refractivity contribution in [2.24, 2.45) is 0 Å². The molecule has 1 saturated heterocycles. The van der Waals surface area contributed by atoms with Gasteiger partial charge in [-0.25, -0.2) is 13.4 Å². The van der Waals surface area contributed by atoms with Crippen molar-refractivity contribution in [3.63, 3.8) is 0 Å². The minimum absolute atomic E-state index is 0.0103. The number of nitrogens with zero attached hydrogens (tertiary/aromatic N) is 1. The third-order valence-electron chi connectivity index (χ3n) is 3.29. The van der Waals surface area contributed by atoms with Crippen LogP contribution in [0.4, 0.5) is 5.82 Å². The number of amides is 1. The Balaban J connectivity index is 2.13. The molecule has 110 valence electrons. The van der Waals surface area contributed by atoms with Crippen LogP contribution >= 0.6 is 0 Å². The van der Waals surface area contributed by atoms with Crippen molar-refractivity contribution in [2.45, 2.75) is 32.2 Å². The van der Waals surface area contributed by atoms with Crippen LogP contribution in [-0.2, 0) is 9.84 Å². The molecule has 2 rings (SSSR count). The molecule has 7 heteroatoms. The molecule has 2 heterocycles. The number of carbonyl (C=O) groups excluding carboxylic acids is 1. The fraction of sp³-hybridized carbons (Fsp3) is 0.538. The number of hydrogen-bond donors (Lipinski definition) is 2. The third-order valence-corrected chi connectivity index (χ3v) is 5.05. The Morgan fingerprint density at radius 1 is 1.45 bits per heavy atom. The summed E-state index contributed by atoms with van der Waals surface area (Å²) in [4.78, 5) is 16.3. The average Bonchev–Trinajstić information content (AvgIpc) is 2.67. The van der Waals surface area contributed by atoms with Crippen LogP contribution in [-0.4, -0.2) is 36.9 Å². The predicted molar refractivity (Wildman–Crippen MR) is 77.3 cm³/mol. The van der Waals surface area contributed by atoms with Crippen LogP contribution < -0.4 is 11.1 Å². The first-order valence-corrected chi connectivity index (χ1v) is 8.38. The fourth-order valence-electron chi connectivity index (χ4n) is 2.18. The van der Waals surface area contributed by atoms with E-state index in [1.807, 2.05) is 13.8 Å². The highest BCUT2D eigenvalue weighted by molar-refractivity contribution is 7.91. The van der Waals surface area contributed by atoms with Crippen molar-refractivity contribution in [3.8, 4) is 0 Å². The van der Waals surface area contributed by atoms with Gasteiger partial charge in [-0.1, -0.05) is 13.8 Å². The van der Waals surface area contributed by atoms with Crippen LogP contribution in [0.2, 0.25) is 0 Å². The maximum Gasteiger partial charge on any atom is 0.251 e. The molecule has 0 aliphatic carbocycles. The molecule has 3 N–H and O–H groups in total. The maximum atomic E-state index is 12.1. The lowest BCUT2D eigenvalue weighted by Gasteiger charge is -2.13. The second-order valence-electron chi connectivity index (χ2n) is 5.43. The maximum absolute atomic E-state index is 12.1. The lowest BCUT2D eigenvalue weighted by molar-refractivity contribution is 0.0941. The monoisotopic (exact) mass is 297 g/mol. The van der Waals surface area contributed by atoms with Crippen LogP contribution in [0.5, 0.6) is 0 Å². The summed E-state index contributed by atoms with van der Waals surface area (Å²) in [6, 6.07) is 2.88. The largest absolute Gasteiger partial charge is 0.384 e. The number of carbonyl (C=O) groups is 1. The average molecular weight is 297 g/mol. The van der Waals surface area contributed by atoms with E-state index in [1.54, 1.807) is 6.07 Å². The van der Waals surface area contributed by atoms with Gasteiger partial charge in [0.05, 0.1) is 11.5 Å². The Labute approximate surface area is 118 Å². The molecule has 6 nitrogen and oxygen atoms in total. The zero-order chi connectivity index (χ0) is 14.9. The molecular formula is C13H19N3O3S. The summed E-state index contributed by atoms with van der Waals surface area (Å²) in [5, 5.41) is 2.74. The van der Waals surface area contributed by atoms with E-state index >= 15 is 0 Å². The topological polar surface area (TPSA) is 102 Å². The Hall–Kier alpha value is -1.63. The van der Waals surface area contributed by atoms with Gasteiger partial charge in [0.15, 0.2) is 9.84 Å². The van der Waals surface area contributed by atoms with E-state index in [-0.39, 0.29) is 29.4 Å². The van der Waals surface area contributed by atoms with Gasteiger partial charge in [0.25, 0.3) is 5.91 Å². The Bertz CT molecular complexity index is 626. The second-order valence-corrected chi connectivity index (χ2v) is 7.66. The van der Waals surface area contributed by atoms with Crippen LogP contribution in [0.25, 0.3) is 0 Å². The Kier molecular flexibility index (Phi) is 3.99. The van der Waals surface area contributed by atoms with Crippen LogP contribution in [0, 0.1) is 0 Å². The molecule has 1 aliphatic heterocycles. The normalized spacial score (nSPS) is 21.1. The van der Waals surface area contributed by atoms with Crippen molar-refractivity contribution in [1.29, 1.82) is 0 Å². The van der Waals surface area contributed by atoms with Crippen molar-refractivity contribution in [1.82, 2.24) is 10.3 Å². The molecule has 1 unspecified atom stereocenters. The smallest absolute Gasteiger partial charge is 0.251 e. The summed E-state index contributed by atoms with van der Waals surface area (Å²) in [6.45, 7) is 3.93. The molecule has 0 aromatic carbocycles. The predicted octanol–water partition coefficient (Wildman–Crippen LogP) is 0.704. The van der Waals surface area contributed by atoms with E-state index in [0.29, 0.717) is 17.8 Å². The van der Waals surface area contributed by atoms with Gasteiger partial charge in [-0.15, -0.1) is 0 Å². The summed E-state index contributed by atoms with van der Waals surface area (Å²) in [7, 11) is -3.00. The zero-order valence-electron chi connectivity index (χ0n) is 11.6. The quantitative estimate of drug-likeness (QED) is 0.855. The molecule has 1 amide bonds. The molecule has 1 fully saturated rings. The van der Waals surface area contributed by atoms with Crippen LogP contribution in [0.3, 0.4) is 0 Å². The number of anilines is 1. The van der Waals surface area contributed by atoms with Crippen LogP contribution in [0.1, 0.15) is 42.2 Å². The number of rotatable bonds is 3. The first kappa shape index (κ1) is 14.8. The standard InChI is InChI=1S/C13H19N3O3S/c1-8(2)11-5-9(6-12(14)16-11)13(17)15-10-3-4-20(18,19)7-10/h5-6,8,10H,3-4,7H2,1-2H3,(H2,14,16)(H,15,17).